The number of ether oxygens (including phenoxy) is 1. The first-order valence-electron chi connectivity index (χ1n) is 5.36. The molecular weight excluding hydrogens is 260 g/mol. The predicted octanol–water partition coefficient (Wildman–Crippen LogP) is 2.85. The Morgan fingerprint density at radius 1 is 1.71 bits per heavy atom. The molecule has 17 heavy (non-hydrogen) atoms. The Kier molecular flexibility index (Phi) is 3.84. The quantitative estimate of drug-likeness (QED) is 0.916. The highest BCUT2D eigenvalue weighted by atomic mass is 35.5. The van der Waals surface area contributed by atoms with E-state index in [1.165, 1.54) is 11.8 Å². The minimum atomic E-state index is -0.784. The van der Waals surface area contributed by atoms with Crippen molar-refractivity contribution in [3.63, 3.8) is 0 Å². The molecule has 0 aromatic heterocycles. The molecule has 1 N–H and O–H groups in total. The second kappa shape index (κ2) is 5.19. The van der Waals surface area contributed by atoms with E-state index in [9.17, 15) is 4.79 Å². The molecule has 0 spiro atoms. The van der Waals surface area contributed by atoms with Crippen molar-refractivity contribution in [3.8, 4) is 5.75 Å². The van der Waals surface area contributed by atoms with Gasteiger partial charge in [0.15, 0.2) is 0 Å². The van der Waals surface area contributed by atoms with Crippen LogP contribution in [0, 0.1) is 0 Å². The molecule has 0 aliphatic carbocycles. The molecular formula is C12H13ClO3S. The second-order valence-electron chi connectivity index (χ2n) is 4.01. The van der Waals surface area contributed by atoms with E-state index < -0.39 is 11.2 Å². The summed E-state index contributed by atoms with van der Waals surface area (Å²) in [6.07, 6.45) is 0.852. The summed E-state index contributed by atoms with van der Waals surface area (Å²) in [6, 6.07) is 5.57. The molecule has 2 rings (SSSR count). The second-order valence-corrected chi connectivity index (χ2v) is 5.82. The molecule has 1 aliphatic heterocycles. The first-order chi connectivity index (χ1) is 8.06. The van der Waals surface area contributed by atoms with Gasteiger partial charge in [0.1, 0.15) is 11.9 Å². The largest absolute Gasteiger partial charge is 0.489 e. The topological polar surface area (TPSA) is 46.5 Å². The highest BCUT2D eigenvalue weighted by Crippen LogP contribution is 2.32. The van der Waals surface area contributed by atoms with Gasteiger partial charge in [-0.3, -0.25) is 4.79 Å². The van der Waals surface area contributed by atoms with E-state index >= 15 is 0 Å². The van der Waals surface area contributed by atoms with Crippen LogP contribution < -0.4 is 4.74 Å². The van der Waals surface area contributed by atoms with Gasteiger partial charge >= 0.3 is 5.97 Å². The number of thioether (sulfide) groups is 1. The average molecular weight is 273 g/mol. The van der Waals surface area contributed by atoms with Gasteiger partial charge in [-0.2, -0.15) is 0 Å². The predicted molar refractivity (Wildman–Crippen MR) is 69.1 cm³/mol. The maximum atomic E-state index is 10.7. The first-order valence-corrected chi connectivity index (χ1v) is 6.78. The number of carboxylic acid groups (broad SMARTS) is 1. The van der Waals surface area contributed by atoms with Crippen LogP contribution in [0.3, 0.4) is 0 Å². The van der Waals surface area contributed by atoms with Gasteiger partial charge in [-0.1, -0.05) is 11.6 Å². The SMILES string of the molecule is CC(SCC1Cc2cc(Cl)ccc2O1)C(=O)O. The van der Waals surface area contributed by atoms with Crippen LogP contribution in [0.1, 0.15) is 12.5 Å². The van der Waals surface area contributed by atoms with Crippen molar-refractivity contribution >= 4 is 29.3 Å². The smallest absolute Gasteiger partial charge is 0.316 e. The molecule has 2 unspecified atom stereocenters. The molecule has 0 saturated heterocycles. The molecule has 92 valence electrons. The van der Waals surface area contributed by atoms with Crippen molar-refractivity contribution in [2.75, 3.05) is 5.75 Å². The number of fused-ring (bicyclic) bond motifs is 1. The molecule has 0 bridgehead atoms. The fourth-order valence-corrected chi connectivity index (χ4v) is 2.73. The minimum absolute atomic E-state index is 0.0512. The van der Waals surface area contributed by atoms with Crippen LogP contribution in [-0.2, 0) is 11.2 Å². The lowest BCUT2D eigenvalue weighted by atomic mass is 10.1. The minimum Gasteiger partial charge on any atom is -0.489 e. The zero-order valence-corrected chi connectivity index (χ0v) is 10.9. The van der Waals surface area contributed by atoms with Gasteiger partial charge in [-0.25, -0.2) is 0 Å². The Labute approximate surface area is 109 Å². The van der Waals surface area contributed by atoms with E-state index in [4.69, 9.17) is 21.4 Å². The van der Waals surface area contributed by atoms with Crippen LogP contribution >= 0.6 is 23.4 Å². The molecule has 5 heteroatoms. The average Bonchev–Trinajstić information content (AvgIpc) is 2.67. The van der Waals surface area contributed by atoms with Crippen LogP contribution in [-0.4, -0.2) is 28.2 Å². The Hall–Kier alpha value is -0.870. The number of hydrogen-bond donors (Lipinski definition) is 1. The highest BCUT2D eigenvalue weighted by Gasteiger charge is 2.24. The maximum absolute atomic E-state index is 10.7. The van der Waals surface area contributed by atoms with Crippen LogP contribution in [0.5, 0.6) is 5.75 Å². The lowest BCUT2D eigenvalue weighted by Gasteiger charge is -2.11. The summed E-state index contributed by atoms with van der Waals surface area (Å²) in [5, 5.41) is 9.10. The Bertz CT molecular complexity index is 436. The van der Waals surface area contributed by atoms with Crippen molar-refractivity contribution in [1.29, 1.82) is 0 Å². The molecule has 2 atom stereocenters. The van der Waals surface area contributed by atoms with Crippen molar-refractivity contribution in [3.05, 3.63) is 28.8 Å². The summed E-state index contributed by atoms with van der Waals surface area (Å²) < 4.78 is 5.72. The lowest BCUT2D eigenvalue weighted by molar-refractivity contribution is -0.136. The number of rotatable bonds is 4. The zero-order valence-electron chi connectivity index (χ0n) is 9.35. The summed E-state index contributed by atoms with van der Waals surface area (Å²) in [5.41, 5.74) is 1.10. The number of hydrogen-bond acceptors (Lipinski definition) is 3. The molecule has 0 amide bonds. The third kappa shape index (κ3) is 3.07. The summed E-state index contributed by atoms with van der Waals surface area (Å²) in [4.78, 5) is 10.7. The van der Waals surface area contributed by atoms with E-state index in [0.29, 0.717) is 10.8 Å². The van der Waals surface area contributed by atoms with Crippen molar-refractivity contribution in [1.82, 2.24) is 0 Å². The molecule has 1 aromatic carbocycles. The van der Waals surface area contributed by atoms with Gasteiger partial charge in [0.05, 0.1) is 5.25 Å². The van der Waals surface area contributed by atoms with Crippen molar-refractivity contribution < 1.29 is 14.6 Å². The van der Waals surface area contributed by atoms with Crippen LogP contribution in [0.25, 0.3) is 0 Å². The van der Waals surface area contributed by atoms with Gasteiger partial charge in [0.25, 0.3) is 0 Å². The van der Waals surface area contributed by atoms with E-state index in [2.05, 4.69) is 0 Å². The molecule has 1 aliphatic rings. The van der Waals surface area contributed by atoms with E-state index in [1.54, 1.807) is 13.0 Å². The van der Waals surface area contributed by atoms with Crippen LogP contribution in [0.4, 0.5) is 0 Å². The van der Waals surface area contributed by atoms with Gasteiger partial charge in [0.2, 0.25) is 0 Å². The van der Waals surface area contributed by atoms with Crippen LogP contribution in [0.2, 0.25) is 5.02 Å². The van der Waals surface area contributed by atoms with E-state index in [1.807, 2.05) is 12.1 Å². The van der Waals surface area contributed by atoms with Gasteiger partial charge in [-0.15, -0.1) is 11.8 Å². The number of aliphatic carboxylic acids is 1. The third-order valence-electron chi connectivity index (χ3n) is 2.64. The van der Waals surface area contributed by atoms with Gasteiger partial charge in [-0.05, 0) is 30.7 Å². The number of halogens is 1. The number of carboxylic acids is 1. The van der Waals surface area contributed by atoms with Crippen LogP contribution in [0.15, 0.2) is 18.2 Å². The van der Waals surface area contributed by atoms with E-state index in [0.717, 1.165) is 17.7 Å². The Balaban J connectivity index is 1.90. The fourth-order valence-electron chi connectivity index (χ4n) is 1.70. The summed E-state index contributed by atoms with van der Waals surface area (Å²) in [6.45, 7) is 1.69. The van der Waals surface area contributed by atoms with Crippen molar-refractivity contribution in [2.45, 2.75) is 24.7 Å². The molecule has 0 saturated carbocycles. The number of benzene rings is 1. The van der Waals surface area contributed by atoms with E-state index in [-0.39, 0.29) is 6.10 Å². The zero-order chi connectivity index (χ0) is 12.4. The molecule has 0 fully saturated rings. The Morgan fingerprint density at radius 3 is 3.18 bits per heavy atom. The molecule has 0 radical (unpaired) electrons. The summed E-state index contributed by atoms with van der Waals surface area (Å²) in [7, 11) is 0. The fraction of sp³-hybridized carbons (Fsp3) is 0.417. The third-order valence-corrected chi connectivity index (χ3v) is 4.14. The monoisotopic (exact) mass is 272 g/mol. The molecule has 3 nitrogen and oxygen atoms in total. The molecule has 1 aromatic rings. The normalized spacial score (nSPS) is 19.5. The summed E-state index contributed by atoms with van der Waals surface area (Å²) >= 11 is 7.30. The first kappa shape index (κ1) is 12.6. The maximum Gasteiger partial charge on any atom is 0.316 e. The standard InChI is InChI=1S/C12H13ClO3S/c1-7(12(14)15)17-6-10-5-8-4-9(13)2-3-11(8)16-10/h2-4,7,10H,5-6H2,1H3,(H,14,15). The van der Waals surface area contributed by atoms with Gasteiger partial charge < -0.3 is 9.84 Å². The lowest BCUT2D eigenvalue weighted by Crippen LogP contribution is -2.20. The summed E-state index contributed by atoms with van der Waals surface area (Å²) in [5.74, 6) is 0.760. The van der Waals surface area contributed by atoms with Crippen molar-refractivity contribution in [2.24, 2.45) is 0 Å². The molecule has 1 heterocycles. The highest BCUT2D eigenvalue weighted by molar-refractivity contribution is 8.00. The Morgan fingerprint density at radius 2 is 2.47 bits per heavy atom. The van der Waals surface area contributed by atoms with Gasteiger partial charge in [0, 0.05) is 17.2 Å². The number of carbonyl (C=O) groups is 1.